The Bertz CT molecular complexity index is 1390. The van der Waals surface area contributed by atoms with Gasteiger partial charge in [-0.15, -0.1) is 0 Å². The second-order valence-electron chi connectivity index (χ2n) is 11.2. The molecule has 0 aliphatic carbocycles. The first-order valence-electron chi connectivity index (χ1n) is 14.8. The highest BCUT2D eigenvalue weighted by Crippen LogP contribution is 2.32. The van der Waals surface area contributed by atoms with Crippen molar-refractivity contribution >= 4 is 29.6 Å². The number of carbonyl (C=O) groups excluding carboxylic acids is 2. The third kappa shape index (κ3) is 9.70. The molecular formula is C33H38F3N3O5S. The van der Waals surface area contributed by atoms with Crippen molar-refractivity contribution < 1.29 is 37.7 Å². The van der Waals surface area contributed by atoms with Gasteiger partial charge in [0.1, 0.15) is 0 Å². The highest BCUT2D eigenvalue weighted by Gasteiger charge is 2.39. The molecule has 242 valence electrons. The van der Waals surface area contributed by atoms with Crippen molar-refractivity contribution in [1.29, 1.82) is 0 Å². The molecule has 3 N–H and O–H groups in total. The third-order valence-electron chi connectivity index (χ3n) is 7.64. The molecule has 1 heterocycles. The average molecular weight is 646 g/mol. The molecule has 45 heavy (non-hydrogen) atoms. The predicted octanol–water partition coefficient (Wildman–Crippen LogP) is 5.67. The van der Waals surface area contributed by atoms with Crippen LogP contribution in [-0.4, -0.2) is 64.4 Å². The van der Waals surface area contributed by atoms with Gasteiger partial charge in [-0.05, 0) is 71.8 Å². The van der Waals surface area contributed by atoms with E-state index in [4.69, 9.17) is 4.74 Å². The lowest BCUT2D eigenvalue weighted by Gasteiger charge is -2.31. The van der Waals surface area contributed by atoms with Crippen LogP contribution in [0.3, 0.4) is 0 Å². The van der Waals surface area contributed by atoms with Crippen LogP contribution in [0.4, 0.5) is 23.7 Å². The summed E-state index contributed by atoms with van der Waals surface area (Å²) >= 11 is 1.48. The summed E-state index contributed by atoms with van der Waals surface area (Å²) in [6.07, 6.45) is -6.36. The van der Waals surface area contributed by atoms with Crippen LogP contribution < -0.4 is 10.2 Å². The van der Waals surface area contributed by atoms with Crippen LogP contribution in [0.25, 0.3) is 0 Å². The fraction of sp³-hybridized carbons (Fsp3) is 0.394. The Morgan fingerprint density at radius 2 is 1.71 bits per heavy atom. The highest BCUT2D eigenvalue weighted by atomic mass is 32.2. The maximum atomic E-state index is 13.4. The smallest absolute Gasteiger partial charge is 0.416 e. The van der Waals surface area contributed by atoms with Crippen LogP contribution in [-0.2, 0) is 28.7 Å². The molecule has 0 saturated carbocycles. The van der Waals surface area contributed by atoms with E-state index in [9.17, 15) is 33.0 Å². The molecule has 0 radical (unpaired) electrons. The van der Waals surface area contributed by atoms with Gasteiger partial charge >= 0.3 is 12.3 Å². The maximum Gasteiger partial charge on any atom is 0.416 e. The van der Waals surface area contributed by atoms with Gasteiger partial charge in [0.25, 0.3) is 5.91 Å². The summed E-state index contributed by atoms with van der Waals surface area (Å²) in [7, 11) is 0. The van der Waals surface area contributed by atoms with Crippen molar-refractivity contribution in [3.63, 3.8) is 0 Å². The summed E-state index contributed by atoms with van der Waals surface area (Å²) < 4.78 is 46.3. The number of aliphatic hydroxyl groups is 2. The van der Waals surface area contributed by atoms with E-state index in [1.807, 2.05) is 54.6 Å². The van der Waals surface area contributed by atoms with Gasteiger partial charge in [-0.2, -0.15) is 13.2 Å². The maximum absolute atomic E-state index is 13.4. The van der Waals surface area contributed by atoms with Gasteiger partial charge < -0.3 is 20.3 Å². The number of cyclic esters (lactones) is 1. The molecule has 8 nitrogen and oxygen atoms in total. The summed E-state index contributed by atoms with van der Waals surface area (Å²) in [6, 6.07) is 20.2. The molecule has 1 aliphatic rings. The van der Waals surface area contributed by atoms with E-state index in [-0.39, 0.29) is 25.4 Å². The number of halogens is 3. The number of amides is 2. The van der Waals surface area contributed by atoms with Crippen LogP contribution >= 0.6 is 11.9 Å². The van der Waals surface area contributed by atoms with Crippen LogP contribution in [0.15, 0.2) is 83.8 Å². The molecule has 4 rings (SSSR count). The van der Waals surface area contributed by atoms with Crippen molar-refractivity contribution in [1.82, 2.24) is 9.62 Å². The molecule has 0 spiro atoms. The first-order valence-corrected chi connectivity index (χ1v) is 15.5. The van der Waals surface area contributed by atoms with Crippen LogP contribution in [0, 0.1) is 5.92 Å². The van der Waals surface area contributed by atoms with E-state index in [0.717, 1.165) is 51.6 Å². The van der Waals surface area contributed by atoms with Crippen molar-refractivity contribution in [2.24, 2.45) is 5.92 Å². The van der Waals surface area contributed by atoms with Crippen LogP contribution in [0.5, 0.6) is 0 Å². The van der Waals surface area contributed by atoms with Crippen molar-refractivity contribution in [2.75, 3.05) is 24.5 Å². The zero-order chi connectivity index (χ0) is 32.6. The van der Waals surface area contributed by atoms with E-state index < -0.39 is 42.0 Å². The molecule has 12 heteroatoms. The number of hydrogen-bond donors (Lipinski definition) is 3. The normalized spacial score (nSPS) is 17.2. The standard InChI is InChI=1S/C33H38F3N3O5S/c1-3-22(2)18-38(45-27-15-9-24(21-40)10-16-27)19-29(41)28(17-23-7-5-4-6-8-23)37-31(42)30-20-39(32(43)44-30)26-13-11-25(12-14-26)33(34,35)36/h4-16,22,28-30,40-41H,3,17-21H2,1-2H3,(H,37,42). The summed E-state index contributed by atoms with van der Waals surface area (Å²) in [5.74, 6) is -0.281. The number of hydrogen-bond acceptors (Lipinski definition) is 7. The number of anilines is 1. The lowest BCUT2D eigenvalue weighted by molar-refractivity contribution is -0.137. The first kappa shape index (κ1) is 34.3. The zero-order valence-corrected chi connectivity index (χ0v) is 25.9. The lowest BCUT2D eigenvalue weighted by atomic mass is 10.0. The van der Waals surface area contributed by atoms with Crippen molar-refractivity contribution in [3.05, 3.63) is 95.6 Å². The van der Waals surface area contributed by atoms with E-state index >= 15 is 0 Å². The van der Waals surface area contributed by atoms with E-state index in [1.165, 1.54) is 11.9 Å². The molecule has 1 saturated heterocycles. The number of rotatable bonds is 14. The molecule has 3 aromatic rings. The monoisotopic (exact) mass is 645 g/mol. The van der Waals surface area contributed by atoms with Gasteiger partial charge in [0.2, 0.25) is 0 Å². The number of nitrogens with zero attached hydrogens (tertiary/aromatic N) is 2. The topological polar surface area (TPSA) is 102 Å². The number of alkyl halides is 3. The second-order valence-corrected chi connectivity index (χ2v) is 12.3. The van der Waals surface area contributed by atoms with Crippen LogP contribution in [0.1, 0.15) is 37.0 Å². The molecule has 0 bridgehead atoms. The molecular weight excluding hydrogens is 607 g/mol. The lowest BCUT2D eigenvalue weighted by Crippen LogP contribution is -2.52. The van der Waals surface area contributed by atoms with E-state index in [2.05, 4.69) is 23.5 Å². The quantitative estimate of drug-likeness (QED) is 0.194. The Morgan fingerprint density at radius 3 is 2.31 bits per heavy atom. The van der Waals surface area contributed by atoms with E-state index in [1.54, 1.807) is 0 Å². The first-order chi connectivity index (χ1) is 21.5. The number of nitrogens with one attached hydrogen (secondary N) is 1. The fourth-order valence-electron chi connectivity index (χ4n) is 4.83. The predicted molar refractivity (Wildman–Crippen MR) is 166 cm³/mol. The fourth-order valence-corrected chi connectivity index (χ4v) is 5.95. The van der Waals surface area contributed by atoms with Gasteiger partial charge in [0, 0.05) is 23.7 Å². The minimum atomic E-state index is -4.52. The Morgan fingerprint density at radius 1 is 1.04 bits per heavy atom. The molecule has 4 unspecified atom stereocenters. The Hall–Kier alpha value is -3.58. The summed E-state index contributed by atoms with van der Waals surface area (Å²) in [5.41, 5.74) is 1.00. The van der Waals surface area contributed by atoms with Crippen molar-refractivity contribution in [3.8, 4) is 0 Å². The second kappa shape index (κ2) is 15.6. The SMILES string of the molecule is CCC(C)CN(CC(O)C(Cc1ccccc1)NC(=O)C1CN(c2ccc(C(F)(F)F)cc2)C(=O)O1)Sc1ccc(CO)cc1. The number of benzene rings is 3. The summed E-state index contributed by atoms with van der Waals surface area (Å²) in [4.78, 5) is 28.1. The van der Waals surface area contributed by atoms with Gasteiger partial charge in [-0.3, -0.25) is 9.69 Å². The number of aliphatic hydroxyl groups excluding tert-OH is 2. The van der Waals surface area contributed by atoms with Gasteiger partial charge in [-0.1, -0.05) is 62.7 Å². The third-order valence-corrected chi connectivity index (χ3v) is 8.68. The minimum absolute atomic E-state index is 0.0560. The Labute approximate surface area is 265 Å². The van der Waals surface area contributed by atoms with Gasteiger partial charge in [0.05, 0.1) is 30.9 Å². The Balaban J connectivity index is 1.48. The van der Waals surface area contributed by atoms with Gasteiger partial charge in [-0.25, -0.2) is 9.10 Å². The molecule has 1 fully saturated rings. The number of ether oxygens (including phenoxy) is 1. The Kier molecular flexibility index (Phi) is 11.9. The molecule has 2 amide bonds. The molecule has 0 aromatic heterocycles. The largest absolute Gasteiger partial charge is 0.434 e. The molecule has 3 aromatic carbocycles. The van der Waals surface area contributed by atoms with Crippen molar-refractivity contribution in [2.45, 2.75) is 62.6 Å². The summed E-state index contributed by atoms with van der Waals surface area (Å²) in [5, 5.41) is 23.8. The zero-order valence-electron chi connectivity index (χ0n) is 25.1. The molecule has 4 atom stereocenters. The molecule has 1 aliphatic heterocycles. The number of carbonyl (C=O) groups is 2. The summed E-state index contributed by atoms with van der Waals surface area (Å²) in [6.45, 7) is 4.86. The minimum Gasteiger partial charge on any atom is -0.434 e. The highest BCUT2D eigenvalue weighted by molar-refractivity contribution is 7.97. The van der Waals surface area contributed by atoms with E-state index in [0.29, 0.717) is 18.9 Å². The average Bonchev–Trinajstić information content (AvgIpc) is 3.42. The van der Waals surface area contributed by atoms with Gasteiger partial charge in [0.15, 0.2) is 6.10 Å². The van der Waals surface area contributed by atoms with Crippen LogP contribution in [0.2, 0.25) is 0 Å².